The van der Waals surface area contributed by atoms with Gasteiger partial charge in [-0.3, -0.25) is 0 Å². The Bertz CT molecular complexity index is 968. The number of primary amides is 1. The van der Waals surface area contributed by atoms with Crippen LogP contribution in [0.5, 0.6) is 5.06 Å². The minimum atomic E-state index is -4.73. The van der Waals surface area contributed by atoms with Crippen LogP contribution in [0.1, 0.15) is 5.56 Å². The third-order valence-corrected chi connectivity index (χ3v) is 4.28. The Morgan fingerprint density at radius 3 is 2.40 bits per heavy atom. The van der Waals surface area contributed by atoms with Crippen molar-refractivity contribution in [3.63, 3.8) is 0 Å². The van der Waals surface area contributed by atoms with E-state index < -0.39 is 23.7 Å². The van der Waals surface area contributed by atoms with Crippen LogP contribution in [0.4, 0.5) is 28.0 Å². The average molecular weight is 371 g/mol. The van der Waals surface area contributed by atoms with Crippen LogP contribution < -0.4 is 16.2 Å². The second-order valence-corrected chi connectivity index (χ2v) is 5.93. The van der Waals surface area contributed by atoms with Crippen LogP contribution in [-0.4, -0.2) is 11.1 Å². The Balaban J connectivity index is 2.28. The number of fused-ring (bicyclic) bond motifs is 1. The van der Waals surface area contributed by atoms with Gasteiger partial charge in [0.25, 0.3) is 0 Å². The first-order valence-electron chi connectivity index (χ1n) is 6.70. The number of halogens is 4. The molecule has 0 saturated heterocycles. The van der Waals surface area contributed by atoms with E-state index in [9.17, 15) is 22.4 Å². The summed E-state index contributed by atoms with van der Waals surface area (Å²) in [7, 11) is 0. The molecule has 0 aliphatic carbocycles. The molecule has 5 nitrogen and oxygen atoms in total. The van der Waals surface area contributed by atoms with Gasteiger partial charge >= 0.3 is 12.3 Å². The number of anilines is 1. The van der Waals surface area contributed by atoms with Gasteiger partial charge in [0.05, 0.1) is 22.3 Å². The van der Waals surface area contributed by atoms with E-state index in [1.807, 2.05) is 0 Å². The molecule has 10 heteroatoms. The highest BCUT2D eigenvalue weighted by Gasteiger charge is 2.36. The summed E-state index contributed by atoms with van der Waals surface area (Å²) in [5, 5.41) is -0.642. The number of hydrogen-bond donors (Lipinski definition) is 2. The lowest BCUT2D eigenvalue weighted by molar-refractivity contribution is -0.136. The predicted molar refractivity (Wildman–Crippen MR) is 84.6 cm³/mol. The molecule has 2 heterocycles. The zero-order valence-electron chi connectivity index (χ0n) is 12.2. The lowest BCUT2D eigenvalue weighted by Gasteiger charge is -2.11. The molecule has 1 amide bonds. The normalized spacial score (nSPS) is 11.7. The number of aromatic nitrogens is 1. The molecule has 4 N–H and O–H groups in total. The Morgan fingerprint density at radius 1 is 1.20 bits per heavy atom. The van der Waals surface area contributed by atoms with Gasteiger partial charge in [0, 0.05) is 5.56 Å². The monoisotopic (exact) mass is 371 g/mol. The largest absolute Gasteiger partial charge is 0.417 e. The number of nitrogen functional groups attached to an aromatic ring is 1. The maximum Gasteiger partial charge on any atom is 0.417 e. The molecule has 130 valence electrons. The summed E-state index contributed by atoms with van der Waals surface area (Å²) in [5.74, 6) is -0.529. The van der Waals surface area contributed by atoms with E-state index >= 15 is 0 Å². The quantitative estimate of drug-likeness (QED) is 0.662. The van der Waals surface area contributed by atoms with Gasteiger partial charge in [-0.15, -0.1) is 0 Å². The predicted octanol–water partition coefficient (Wildman–Crippen LogP) is 4.16. The number of nitrogens with two attached hydrogens (primary N) is 2. The number of ether oxygens (including phenoxy) is 1. The fourth-order valence-corrected chi connectivity index (χ4v) is 3.24. The molecule has 0 fully saturated rings. The molecular weight excluding hydrogens is 362 g/mol. The summed E-state index contributed by atoms with van der Waals surface area (Å²) < 4.78 is 58.0. The molecule has 0 bridgehead atoms. The van der Waals surface area contributed by atoms with Crippen LogP contribution in [0, 0.1) is 5.82 Å². The van der Waals surface area contributed by atoms with Crippen LogP contribution in [0.25, 0.3) is 21.5 Å². The third-order valence-electron chi connectivity index (χ3n) is 3.30. The Morgan fingerprint density at radius 2 is 1.84 bits per heavy atom. The summed E-state index contributed by atoms with van der Waals surface area (Å²) in [6, 6.07) is 5.65. The first-order valence-corrected chi connectivity index (χ1v) is 7.52. The van der Waals surface area contributed by atoms with Crippen molar-refractivity contribution in [2.24, 2.45) is 5.73 Å². The van der Waals surface area contributed by atoms with Gasteiger partial charge in [-0.1, -0.05) is 11.3 Å². The van der Waals surface area contributed by atoms with Gasteiger partial charge < -0.3 is 16.2 Å². The van der Waals surface area contributed by atoms with Crippen LogP contribution >= 0.6 is 11.3 Å². The number of carbonyl (C=O) groups excluding carboxylic acids is 1. The van der Waals surface area contributed by atoms with Gasteiger partial charge in [0.2, 0.25) is 5.06 Å². The number of thiophene rings is 1. The molecule has 0 unspecified atom stereocenters. The summed E-state index contributed by atoms with van der Waals surface area (Å²) in [6.45, 7) is 0. The van der Waals surface area contributed by atoms with Crippen LogP contribution in [0.2, 0.25) is 0 Å². The summed E-state index contributed by atoms with van der Waals surface area (Å²) in [6.07, 6.45) is -5.93. The minimum absolute atomic E-state index is 0.0216. The summed E-state index contributed by atoms with van der Waals surface area (Å²) in [4.78, 5) is 14.9. The topological polar surface area (TPSA) is 91.2 Å². The highest BCUT2D eigenvalue weighted by Crippen LogP contribution is 2.46. The Hall–Kier alpha value is -2.88. The summed E-state index contributed by atoms with van der Waals surface area (Å²) in [5.41, 5.74) is 9.43. The molecule has 0 atom stereocenters. The lowest BCUT2D eigenvalue weighted by atomic mass is 10.1. The SMILES string of the molecule is NC(=O)Oc1sc2nc(-c3ccc(F)cc3)cc(C(F)(F)F)c2c1N. The van der Waals surface area contributed by atoms with E-state index in [0.717, 1.165) is 18.2 Å². The van der Waals surface area contributed by atoms with Crippen molar-refractivity contribution in [3.05, 3.63) is 41.7 Å². The van der Waals surface area contributed by atoms with E-state index in [0.29, 0.717) is 11.3 Å². The summed E-state index contributed by atoms with van der Waals surface area (Å²) >= 11 is 0.661. The molecule has 0 spiro atoms. The fraction of sp³-hybridized carbons (Fsp3) is 0.0667. The fourth-order valence-electron chi connectivity index (χ4n) is 2.26. The van der Waals surface area contributed by atoms with Gasteiger partial charge in [0.1, 0.15) is 10.6 Å². The molecule has 1 aromatic carbocycles. The number of carbonyl (C=O) groups is 1. The molecule has 3 rings (SSSR count). The van der Waals surface area contributed by atoms with Crippen molar-refractivity contribution in [2.75, 3.05) is 5.73 Å². The van der Waals surface area contributed by atoms with E-state index in [-0.39, 0.29) is 32.2 Å². The zero-order chi connectivity index (χ0) is 18.4. The highest BCUT2D eigenvalue weighted by molar-refractivity contribution is 7.21. The molecule has 0 aliphatic rings. The standard InChI is InChI=1S/C15H9F4N3O2S/c16-7-3-1-6(2-4-7)9-5-8(15(17,18)19)10-11(20)13(24-14(21)23)25-12(10)22-9/h1-5H,20H2,(H2,21,23). The van der Waals surface area contributed by atoms with E-state index in [4.69, 9.17) is 11.5 Å². The molecule has 25 heavy (non-hydrogen) atoms. The van der Waals surface area contributed by atoms with Gasteiger partial charge in [-0.25, -0.2) is 14.2 Å². The second-order valence-electron chi connectivity index (χ2n) is 4.96. The minimum Gasteiger partial charge on any atom is -0.397 e. The van der Waals surface area contributed by atoms with Crippen LogP contribution in [-0.2, 0) is 6.18 Å². The number of nitrogens with zero attached hydrogens (tertiary/aromatic N) is 1. The van der Waals surface area contributed by atoms with Crippen molar-refractivity contribution in [2.45, 2.75) is 6.18 Å². The molecule has 0 aliphatic heterocycles. The highest BCUT2D eigenvalue weighted by atomic mass is 32.1. The van der Waals surface area contributed by atoms with Gasteiger partial charge in [0.15, 0.2) is 0 Å². The molecular formula is C15H9F4N3O2S. The lowest BCUT2D eigenvalue weighted by Crippen LogP contribution is -2.16. The van der Waals surface area contributed by atoms with Crippen molar-refractivity contribution < 1.29 is 27.1 Å². The van der Waals surface area contributed by atoms with Crippen molar-refractivity contribution in [1.82, 2.24) is 4.98 Å². The number of alkyl halides is 3. The van der Waals surface area contributed by atoms with Crippen molar-refractivity contribution >= 4 is 33.3 Å². The maximum absolute atomic E-state index is 13.5. The number of hydrogen-bond acceptors (Lipinski definition) is 5. The van der Waals surface area contributed by atoms with E-state index in [2.05, 4.69) is 9.72 Å². The zero-order valence-corrected chi connectivity index (χ0v) is 13.0. The molecule has 0 saturated carbocycles. The number of pyridine rings is 1. The van der Waals surface area contributed by atoms with Gasteiger partial charge in [-0.05, 0) is 30.3 Å². The number of benzene rings is 1. The second kappa shape index (κ2) is 5.88. The van der Waals surface area contributed by atoms with Crippen molar-refractivity contribution in [1.29, 1.82) is 0 Å². The number of rotatable bonds is 2. The van der Waals surface area contributed by atoms with Crippen molar-refractivity contribution in [3.8, 4) is 16.3 Å². The average Bonchev–Trinajstić information content (AvgIpc) is 2.81. The van der Waals surface area contributed by atoms with E-state index in [1.165, 1.54) is 12.1 Å². The van der Waals surface area contributed by atoms with E-state index in [1.54, 1.807) is 0 Å². The Labute approximate surface area is 141 Å². The molecule has 3 aromatic rings. The number of amides is 1. The van der Waals surface area contributed by atoms with Crippen LogP contribution in [0.3, 0.4) is 0 Å². The maximum atomic E-state index is 13.5. The first kappa shape index (κ1) is 17.0. The Kier molecular flexibility index (Phi) is 3.99. The first-order chi connectivity index (χ1) is 11.7. The molecule has 2 aromatic heterocycles. The third kappa shape index (κ3) is 3.20. The van der Waals surface area contributed by atoms with Crippen LogP contribution in [0.15, 0.2) is 30.3 Å². The van der Waals surface area contributed by atoms with Gasteiger partial charge in [-0.2, -0.15) is 13.2 Å². The molecule has 0 radical (unpaired) electrons. The smallest absolute Gasteiger partial charge is 0.397 e.